The fourth-order valence-electron chi connectivity index (χ4n) is 1.85. The normalized spacial score (nSPS) is 11.5. The van der Waals surface area contributed by atoms with Gasteiger partial charge in [0.05, 0.1) is 5.56 Å². The molecule has 0 saturated heterocycles. The smallest absolute Gasteiger partial charge is 0.337 e. The van der Waals surface area contributed by atoms with Crippen LogP contribution in [0.2, 0.25) is 0 Å². The van der Waals surface area contributed by atoms with Gasteiger partial charge in [-0.1, -0.05) is 45.0 Å². The van der Waals surface area contributed by atoms with Crippen LogP contribution in [0.25, 0.3) is 10.8 Å². The van der Waals surface area contributed by atoms with E-state index in [4.69, 9.17) is 0 Å². The largest absolute Gasteiger partial charge is 0.478 e. The highest BCUT2D eigenvalue weighted by atomic mass is 16.4. The molecule has 2 aromatic rings. The molecule has 0 aliphatic heterocycles. The quantitative estimate of drug-likeness (QED) is 0.885. The van der Waals surface area contributed by atoms with Gasteiger partial charge in [0.2, 0.25) is 0 Å². The van der Waals surface area contributed by atoms with E-state index in [1.165, 1.54) is 6.20 Å². The predicted octanol–water partition coefficient (Wildman–Crippen LogP) is 3.39. The van der Waals surface area contributed by atoms with Crippen molar-refractivity contribution in [1.82, 2.24) is 4.98 Å². The van der Waals surface area contributed by atoms with E-state index in [1.54, 1.807) is 0 Å². The highest BCUT2D eigenvalue weighted by Gasteiger charge is 2.14. The molecule has 0 saturated carbocycles. The Morgan fingerprint density at radius 3 is 2.47 bits per heavy atom. The topological polar surface area (TPSA) is 62.2 Å². The summed E-state index contributed by atoms with van der Waals surface area (Å²) in [7, 11) is 0. The van der Waals surface area contributed by atoms with E-state index < -0.39 is 5.97 Å². The van der Waals surface area contributed by atoms with Crippen molar-refractivity contribution in [2.24, 2.45) is 5.41 Å². The average molecular weight is 258 g/mol. The van der Waals surface area contributed by atoms with Crippen molar-refractivity contribution >= 4 is 22.6 Å². The van der Waals surface area contributed by atoms with Gasteiger partial charge in [0.1, 0.15) is 5.82 Å². The standard InChI is InChI=1S/C15H18N2O2/c1-15(2,3)9-17-13-11-7-5-4-6-10(11)12(8-16-13)14(18)19/h4-8H,9H2,1-3H3,(H,16,17)(H,18,19). The summed E-state index contributed by atoms with van der Waals surface area (Å²) in [6.45, 7) is 7.17. The van der Waals surface area contributed by atoms with Crippen molar-refractivity contribution in [2.45, 2.75) is 20.8 Å². The summed E-state index contributed by atoms with van der Waals surface area (Å²) in [6.07, 6.45) is 1.41. The van der Waals surface area contributed by atoms with Gasteiger partial charge in [-0.2, -0.15) is 0 Å². The third-order valence-electron chi connectivity index (χ3n) is 2.81. The number of hydrogen-bond donors (Lipinski definition) is 2. The lowest BCUT2D eigenvalue weighted by atomic mass is 9.97. The van der Waals surface area contributed by atoms with Gasteiger partial charge >= 0.3 is 5.97 Å². The number of hydrogen-bond acceptors (Lipinski definition) is 3. The minimum Gasteiger partial charge on any atom is -0.478 e. The number of carboxylic acids is 1. The third-order valence-corrected chi connectivity index (χ3v) is 2.81. The number of carboxylic acid groups (broad SMARTS) is 1. The molecule has 4 heteroatoms. The summed E-state index contributed by atoms with van der Waals surface area (Å²) in [4.78, 5) is 15.4. The van der Waals surface area contributed by atoms with E-state index in [1.807, 2.05) is 24.3 Å². The van der Waals surface area contributed by atoms with E-state index in [9.17, 15) is 9.90 Å². The Balaban J connectivity index is 2.47. The number of nitrogens with zero attached hydrogens (tertiary/aromatic N) is 1. The van der Waals surface area contributed by atoms with Gasteiger partial charge in [-0.3, -0.25) is 0 Å². The van der Waals surface area contributed by atoms with Crippen LogP contribution in [0.3, 0.4) is 0 Å². The molecule has 0 atom stereocenters. The highest BCUT2D eigenvalue weighted by Crippen LogP contribution is 2.25. The van der Waals surface area contributed by atoms with Crippen LogP contribution in [-0.2, 0) is 0 Å². The molecule has 2 rings (SSSR count). The lowest BCUT2D eigenvalue weighted by Crippen LogP contribution is -2.19. The zero-order valence-electron chi connectivity index (χ0n) is 11.4. The van der Waals surface area contributed by atoms with E-state index in [2.05, 4.69) is 31.1 Å². The molecule has 0 aliphatic rings. The maximum Gasteiger partial charge on any atom is 0.337 e. The number of benzene rings is 1. The van der Waals surface area contributed by atoms with Crippen molar-refractivity contribution < 1.29 is 9.90 Å². The molecule has 0 bridgehead atoms. The van der Waals surface area contributed by atoms with Crippen LogP contribution in [0.15, 0.2) is 30.5 Å². The molecule has 4 nitrogen and oxygen atoms in total. The van der Waals surface area contributed by atoms with Crippen molar-refractivity contribution in [3.8, 4) is 0 Å². The Bertz CT molecular complexity index is 615. The Kier molecular flexibility index (Phi) is 3.42. The number of pyridine rings is 1. The minimum atomic E-state index is -0.953. The van der Waals surface area contributed by atoms with Crippen molar-refractivity contribution in [3.63, 3.8) is 0 Å². The van der Waals surface area contributed by atoms with Crippen LogP contribution in [0, 0.1) is 5.41 Å². The zero-order chi connectivity index (χ0) is 14.0. The van der Waals surface area contributed by atoms with Gasteiger partial charge < -0.3 is 10.4 Å². The zero-order valence-corrected chi connectivity index (χ0v) is 11.4. The summed E-state index contributed by atoms with van der Waals surface area (Å²) < 4.78 is 0. The number of aromatic carboxylic acids is 1. The molecule has 19 heavy (non-hydrogen) atoms. The average Bonchev–Trinajstić information content (AvgIpc) is 2.34. The van der Waals surface area contributed by atoms with Gasteiger partial charge in [-0.05, 0) is 5.41 Å². The predicted molar refractivity (Wildman–Crippen MR) is 76.6 cm³/mol. The summed E-state index contributed by atoms with van der Waals surface area (Å²) in [5.74, 6) is -0.221. The molecule has 0 radical (unpaired) electrons. The molecule has 0 amide bonds. The minimum absolute atomic E-state index is 0.133. The Hall–Kier alpha value is -2.10. The van der Waals surface area contributed by atoms with E-state index in [0.717, 1.165) is 17.7 Å². The lowest BCUT2D eigenvalue weighted by molar-refractivity contribution is 0.0698. The maximum absolute atomic E-state index is 11.2. The molecule has 0 aliphatic carbocycles. The highest BCUT2D eigenvalue weighted by molar-refractivity contribution is 6.06. The molecular weight excluding hydrogens is 240 g/mol. The number of fused-ring (bicyclic) bond motifs is 1. The fraction of sp³-hybridized carbons (Fsp3) is 0.333. The van der Waals surface area contributed by atoms with Gasteiger partial charge in [0, 0.05) is 23.5 Å². The molecule has 100 valence electrons. The third kappa shape index (κ3) is 3.02. The lowest BCUT2D eigenvalue weighted by Gasteiger charge is -2.20. The maximum atomic E-state index is 11.2. The number of nitrogens with one attached hydrogen (secondary N) is 1. The number of carbonyl (C=O) groups is 1. The first-order chi connectivity index (χ1) is 8.88. The Labute approximate surface area is 112 Å². The molecular formula is C15H18N2O2. The van der Waals surface area contributed by atoms with Gasteiger partial charge in [-0.15, -0.1) is 0 Å². The van der Waals surface area contributed by atoms with Crippen LogP contribution in [0.5, 0.6) is 0 Å². The van der Waals surface area contributed by atoms with Crippen LogP contribution >= 0.6 is 0 Å². The second-order valence-electron chi connectivity index (χ2n) is 5.79. The number of rotatable bonds is 3. The molecule has 0 spiro atoms. The van der Waals surface area contributed by atoms with Crippen LogP contribution in [-0.4, -0.2) is 22.6 Å². The molecule has 0 unspecified atom stereocenters. The molecule has 0 fully saturated rings. The van der Waals surface area contributed by atoms with Gasteiger partial charge in [0.25, 0.3) is 0 Å². The fourth-order valence-corrected chi connectivity index (χ4v) is 1.85. The summed E-state index contributed by atoms with van der Waals surface area (Å²) in [5.41, 5.74) is 0.366. The van der Waals surface area contributed by atoms with Crippen LogP contribution in [0.4, 0.5) is 5.82 Å². The number of aromatic nitrogens is 1. The molecule has 1 heterocycles. The molecule has 1 aromatic heterocycles. The number of anilines is 1. The summed E-state index contributed by atoms with van der Waals surface area (Å²) in [5, 5.41) is 14.0. The van der Waals surface area contributed by atoms with Crippen LogP contribution in [0.1, 0.15) is 31.1 Å². The Morgan fingerprint density at radius 2 is 1.89 bits per heavy atom. The molecule has 2 N–H and O–H groups in total. The van der Waals surface area contributed by atoms with Crippen molar-refractivity contribution in [1.29, 1.82) is 0 Å². The van der Waals surface area contributed by atoms with Gasteiger partial charge in [-0.25, -0.2) is 9.78 Å². The molecule has 1 aromatic carbocycles. The van der Waals surface area contributed by atoms with Gasteiger partial charge in [0.15, 0.2) is 0 Å². The SMILES string of the molecule is CC(C)(C)CNc1ncc(C(=O)O)c2ccccc12. The summed E-state index contributed by atoms with van der Waals surface area (Å²) in [6, 6.07) is 7.42. The van der Waals surface area contributed by atoms with Crippen LogP contribution < -0.4 is 5.32 Å². The first kappa shape index (κ1) is 13.3. The van der Waals surface area contributed by atoms with E-state index >= 15 is 0 Å². The Morgan fingerprint density at radius 1 is 1.26 bits per heavy atom. The second kappa shape index (κ2) is 4.88. The van der Waals surface area contributed by atoms with E-state index in [0.29, 0.717) is 5.39 Å². The second-order valence-corrected chi connectivity index (χ2v) is 5.79. The first-order valence-corrected chi connectivity index (χ1v) is 6.23. The first-order valence-electron chi connectivity index (χ1n) is 6.23. The monoisotopic (exact) mass is 258 g/mol. The van der Waals surface area contributed by atoms with Crippen molar-refractivity contribution in [3.05, 3.63) is 36.0 Å². The van der Waals surface area contributed by atoms with Crippen molar-refractivity contribution in [2.75, 3.05) is 11.9 Å². The van der Waals surface area contributed by atoms with E-state index in [-0.39, 0.29) is 11.0 Å². The summed E-state index contributed by atoms with van der Waals surface area (Å²) >= 11 is 0.